The number of alkyl halides is 6. The minimum atomic E-state index is -5.03. The van der Waals surface area contributed by atoms with Gasteiger partial charge in [0.2, 0.25) is 0 Å². The smallest absolute Gasteiger partial charge is 0.416 e. The van der Waals surface area contributed by atoms with Crippen molar-refractivity contribution in [3.8, 4) is 0 Å². The summed E-state index contributed by atoms with van der Waals surface area (Å²) in [5.41, 5.74) is -1.52. The normalized spacial score (nSPS) is 20.7. The van der Waals surface area contributed by atoms with Crippen LogP contribution in [0.5, 0.6) is 0 Å². The first-order valence-corrected chi connectivity index (χ1v) is 12.5. The van der Waals surface area contributed by atoms with E-state index in [2.05, 4.69) is 0 Å². The molecule has 2 aromatic carbocycles. The first-order chi connectivity index (χ1) is 18.3. The van der Waals surface area contributed by atoms with Gasteiger partial charge in [-0.25, -0.2) is 9.59 Å². The highest BCUT2D eigenvalue weighted by Crippen LogP contribution is 2.52. The zero-order valence-electron chi connectivity index (χ0n) is 21.5. The molecule has 2 aliphatic rings. The first kappa shape index (κ1) is 28.6. The van der Waals surface area contributed by atoms with E-state index in [9.17, 15) is 35.9 Å². The van der Waals surface area contributed by atoms with Crippen molar-refractivity contribution in [3.63, 3.8) is 0 Å². The van der Waals surface area contributed by atoms with E-state index in [4.69, 9.17) is 9.47 Å². The van der Waals surface area contributed by atoms with Gasteiger partial charge < -0.3 is 9.47 Å². The Bertz CT molecular complexity index is 1210. The average molecular weight is 559 g/mol. The molecule has 6 nitrogen and oxygen atoms in total. The lowest BCUT2D eigenvalue weighted by molar-refractivity contribution is -0.143. The largest absolute Gasteiger partial charge is 0.453 e. The lowest BCUT2D eigenvalue weighted by Crippen LogP contribution is -2.52. The van der Waals surface area contributed by atoms with Crippen molar-refractivity contribution in [1.82, 2.24) is 4.90 Å². The molecule has 2 aromatic rings. The van der Waals surface area contributed by atoms with Crippen molar-refractivity contribution >= 4 is 17.9 Å². The molecule has 2 amide bonds. The lowest BCUT2D eigenvalue weighted by Gasteiger charge is -2.47. The third kappa shape index (κ3) is 5.51. The maximum atomic E-state index is 13.5. The number of amides is 2. The third-order valence-electron chi connectivity index (χ3n) is 7.31. The quantitative estimate of drug-likeness (QED) is 0.365. The van der Waals surface area contributed by atoms with Crippen LogP contribution in [0.3, 0.4) is 0 Å². The molecule has 3 atom stereocenters. The molecule has 1 saturated carbocycles. The minimum absolute atomic E-state index is 0.0511. The summed E-state index contributed by atoms with van der Waals surface area (Å²) in [6.07, 6.45) is -9.66. The molecule has 0 N–H and O–H groups in total. The van der Waals surface area contributed by atoms with Crippen molar-refractivity contribution in [1.29, 1.82) is 0 Å². The van der Waals surface area contributed by atoms with E-state index < -0.39 is 48.3 Å². The van der Waals surface area contributed by atoms with Gasteiger partial charge in [-0.3, -0.25) is 9.80 Å². The Kier molecular flexibility index (Phi) is 7.77. The Hall–Kier alpha value is -3.44. The van der Waals surface area contributed by atoms with Crippen LogP contribution >= 0.6 is 0 Å². The number of fused-ring (bicyclic) bond motifs is 2. The number of para-hydroxylation sites is 1. The number of benzene rings is 2. The topological polar surface area (TPSA) is 59.1 Å². The fourth-order valence-corrected chi connectivity index (χ4v) is 5.82. The third-order valence-corrected chi connectivity index (χ3v) is 7.31. The van der Waals surface area contributed by atoms with Crippen molar-refractivity contribution < 1.29 is 45.4 Å². The zero-order valence-corrected chi connectivity index (χ0v) is 21.5. The van der Waals surface area contributed by atoms with Gasteiger partial charge in [0, 0.05) is 18.5 Å². The minimum Gasteiger partial charge on any atom is -0.453 e. The predicted molar refractivity (Wildman–Crippen MR) is 129 cm³/mol. The van der Waals surface area contributed by atoms with Crippen LogP contribution in [0.4, 0.5) is 41.6 Å². The number of aryl methyl sites for hydroxylation is 1. The van der Waals surface area contributed by atoms with Gasteiger partial charge in [0.15, 0.2) is 0 Å². The molecule has 212 valence electrons. The fraction of sp³-hybridized carbons (Fsp3) is 0.481. The Labute approximate surface area is 221 Å². The number of halogens is 6. The van der Waals surface area contributed by atoms with Gasteiger partial charge in [-0.1, -0.05) is 24.6 Å². The number of methoxy groups -OCH3 is 1. The van der Waals surface area contributed by atoms with E-state index in [1.165, 1.54) is 4.90 Å². The molecule has 0 spiro atoms. The van der Waals surface area contributed by atoms with Crippen LogP contribution in [0.1, 0.15) is 60.0 Å². The van der Waals surface area contributed by atoms with Gasteiger partial charge in [0.05, 0.1) is 36.6 Å². The van der Waals surface area contributed by atoms with E-state index in [1.54, 1.807) is 36.9 Å². The van der Waals surface area contributed by atoms with Gasteiger partial charge in [0.1, 0.15) is 0 Å². The number of hydrogen-bond acceptors (Lipinski definition) is 4. The van der Waals surface area contributed by atoms with Gasteiger partial charge >= 0.3 is 24.5 Å². The van der Waals surface area contributed by atoms with Crippen molar-refractivity contribution in [2.24, 2.45) is 5.92 Å². The molecule has 0 bridgehead atoms. The molecule has 39 heavy (non-hydrogen) atoms. The van der Waals surface area contributed by atoms with Crippen LogP contribution < -0.4 is 4.90 Å². The molecule has 0 radical (unpaired) electrons. The van der Waals surface area contributed by atoms with Gasteiger partial charge in [-0.2, -0.15) is 26.3 Å². The van der Waals surface area contributed by atoms with Crippen LogP contribution in [0, 0.1) is 12.8 Å². The van der Waals surface area contributed by atoms with Crippen molar-refractivity contribution in [2.45, 2.75) is 64.1 Å². The Morgan fingerprint density at radius 3 is 2.23 bits per heavy atom. The highest BCUT2D eigenvalue weighted by atomic mass is 19.4. The first-order valence-electron chi connectivity index (χ1n) is 12.5. The number of nitrogens with zero attached hydrogens (tertiary/aromatic N) is 2. The maximum absolute atomic E-state index is 13.5. The summed E-state index contributed by atoms with van der Waals surface area (Å²) in [4.78, 5) is 28.9. The fourth-order valence-electron chi connectivity index (χ4n) is 5.82. The number of hydrogen-bond donors (Lipinski definition) is 0. The summed E-state index contributed by atoms with van der Waals surface area (Å²) in [6.45, 7) is 3.03. The zero-order chi connectivity index (χ0) is 28.7. The van der Waals surface area contributed by atoms with E-state index in [0.717, 1.165) is 7.11 Å². The molecule has 1 heterocycles. The summed E-state index contributed by atoms with van der Waals surface area (Å²) >= 11 is 0. The number of rotatable bonds is 4. The molecule has 1 aliphatic carbocycles. The summed E-state index contributed by atoms with van der Waals surface area (Å²) < 4.78 is 91.5. The second-order valence-corrected chi connectivity index (χ2v) is 9.70. The SMILES string of the molecule is CCOC(=O)N1c2c(C)cccc2C(N(Cc2cc(C(F)(F)F)cc(C(F)(F)F)c2)C(=O)OC)C2CCCC21. The molecule has 0 saturated heterocycles. The lowest BCUT2D eigenvalue weighted by atomic mass is 9.80. The second-order valence-electron chi connectivity index (χ2n) is 9.70. The Morgan fingerprint density at radius 2 is 1.67 bits per heavy atom. The highest BCUT2D eigenvalue weighted by Gasteiger charge is 2.50. The molecular formula is C27H28F6N2O4. The molecule has 1 fully saturated rings. The summed E-state index contributed by atoms with van der Waals surface area (Å²) in [6, 6.07) is 5.33. The number of ether oxygens (including phenoxy) is 2. The standard InChI is InChI=1S/C27H28F6N2O4/c1-4-39-25(37)35-21-10-6-8-19(21)23(20-9-5-7-15(2)22(20)35)34(24(36)38-3)14-16-11-17(26(28,29)30)13-18(12-16)27(31,32)33/h5,7,9,11-13,19,21,23H,4,6,8,10,14H2,1-3H3. The average Bonchev–Trinajstić information content (AvgIpc) is 3.34. The van der Waals surface area contributed by atoms with Crippen LogP contribution in [-0.2, 0) is 28.4 Å². The Morgan fingerprint density at radius 1 is 1.03 bits per heavy atom. The number of carbonyl (C=O) groups is 2. The van der Waals surface area contributed by atoms with Crippen LogP contribution in [0.2, 0.25) is 0 Å². The number of anilines is 1. The van der Waals surface area contributed by atoms with E-state index in [0.29, 0.717) is 48.2 Å². The van der Waals surface area contributed by atoms with E-state index in [1.807, 2.05) is 0 Å². The summed E-state index contributed by atoms with van der Waals surface area (Å²) in [5, 5.41) is 0. The van der Waals surface area contributed by atoms with Crippen molar-refractivity contribution in [2.75, 3.05) is 18.6 Å². The van der Waals surface area contributed by atoms with Gasteiger partial charge in [0.25, 0.3) is 0 Å². The van der Waals surface area contributed by atoms with E-state index in [-0.39, 0.29) is 30.2 Å². The second kappa shape index (κ2) is 10.6. The van der Waals surface area contributed by atoms with E-state index >= 15 is 0 Å². The maximum Gasteiger partial charge on any atom is 0.416 e. The molecule has 1 aliphatic heterocycles. The molecule has 0 aromatic heterocycles. The number of carbonyl (C=O) groups excluding carboxylic acids is 2. The van der Waals surface area contributed by atoms with Gasteiger partial charge in [-0.15, -0.1) is 0 Å². The predicted octanol–water partition coefficient (Wildman–Crippen LogP) is 7.49. The highest BCUT2D eigenvalue weighted by molar-refractivity contribution is 5.92. The summed E-state index contributed by atoms with van der Waals surface area (Å²) in [7, 11) is 1.10. The monoisotopic (exact) mass is 558 g/mol. The van der Waals surface area contributed by atoms with Gasteiger partial charge in [-0.05, 0) is 61.6 Å². The Balaban J connectivity index is 1.87. The molecule has 12 heteroatoms. The van der Waals surface area contributed by atoms with Crippen molar-refractivity contribution in [3.05, 3.63) is 64.2 Å². The molecule has 4 rings (SSSR count). The van der Waals surface area contributed by atoms with Crippen LogP contribution in [-0.4, -0.2) is 36.8 Å². The molecule has 3 unspecified atom stereocenters. The summed E-state index contributed by atoms with van der Waals surface area (Å²) in [5.74, 6) is -0.351. The molecular weight excluding hydrogens is 530 g/mol. The van der Waals surface area contributed by atoms with Crippen LogP contribution in [0.15, 0.2) is 36.4 Å². The van der Waals surface area contributed by atoms with Crippen LogP contribution in [0.25, 0.3) is 0 Å².